The monoisotopic (exact) mass is 254 g/mol. The summed E-state index contributed by atoms with van der Waals surface area (Å²) in [6.45, 7) is 4.82. The standard InChI is InChI=1S/C17H22N2/c1-13-7-9-15(10-8-13)17(12-18)19(3)16-6-4-5-14(2)11-16/h4-11,17H,12,18H2,1-3H3. The molecule has 0 bridgehead atoms. The van der Waals surface area contributed by atoms with Crippen molar-refractivity contribution in [3.05, 3.63) is 65.2 Å². The first-order valence-electron chi connectivity index (χ1n) is 6.68. The molecule has 0 spiro atoms. The molecule has 1 unspecified atom stereocenters. The molecule has 0 saturated carbocycles. The second-order valence-electron chi connectivity index (χ2n) is 5.11. The smallest absolute Gasteiger partial charge is 0.0661 e. The number of anilines is 1. The normalized spacial score (nSPS) is 12.2. The minimum absolute atomic E-state index is 0.211. The molecule has 19 heavy (non-hydrogen) atoms. The Labute approximate surface area is 115 Å². The topological polar surface area (TPSA) is 29.3 Å². The van der Waals surface area contributed by atoms with Gasteiger partial charge in [-0.3, -0.25) is 0 Å². The first-order chi connectivity index (χ1) is 9.11. The number of benzene rings is 2. The van der Waals surface area contributed by atoms with Crippen LogP contribution in [0.2, 0.25) is 0 Å². The Bertz CT molecular complexity index is 531. The highest BCUT2D eigenvalue weighted by Gasteiger charge is 2.15. The number of nitrogens with two attached hydrogens (primary N) is 1. The number of hydrogen-bond acceptors (Lipinski definition) is 2. The number of nitrogens with zero attached hydrogens (tertiary/aromatic N) is 1. The molecule has 0 aliphatic rings. The van der Waals surface area contributed by atoms with Crippen molar-refractivity contribution >= 4 is 5.69 Å². The fourth-order valence-corrected chi connectivity index (χ4v) is 2.33. The van der Waals surface area contributed by atoms with Gasteiger partial charge in [0.2, 0.25) is 0 Å². The number of aryl methyl sites for hydroxylation is 2. The Morgan fingerprint density at radius 2 is 1.68 bits per heavy atom. The molecule has 2 heteroatoms. The molecule has 0 amide bonds. The SMILES string of the molecule is Cc1ccc(C(CN)N(C)c2cccc(C)c2)cc1. The van der Waals surface area contributed by atoms with E-state index in [0.717, 1.165) is 0 Å². The van der Waals surface area contributed by atoms with Crippen LogP contribution in [-0.4, -0.2) is 13.6 Å². The van der Waals surface area contributed by atoms with Gasteiger partial charge < -0.3 is 10.6 Å². The van der Waals surface area contributed by atoms with Gasteiger partial charge >= 0.3 is 0 Å². The second-order valence-corrected chi connectivity index (χ2v) is 5.11. The van der Waals surface area contributed by atoms with Crippen LogP contribution >= 0.6 is 0 Å². The summed E-state index contributed by atoms with van der Waals surface area (Å²) in [5.41, 5.74) is 11.0. The fourth-order valence-electron chi connectivity index (χ4n) is 2.33. The predicted octanol–water partition coefficient (Wildman–Crippen LogP) is 3.44. The Kier molecular flexibility index (Phi) is 4.23. The van der Waals surface area contributed by atoms with Crippen LogP contribution in [0.5, 0.6) is 0 Å². The highest BCUT2D eigenvalue weighted by Crippen LogP contribution is 2.25. The highest BCUT2D eigenvalue weighted by atomic mass is 15.1. The van der Waals surface area contributed by atoms with Crippen LogP contribution in [-0.2, 0) is 0 Å². The van der Waals surface area contributed by atoms with Crippen LogP contribution in [0.1, 0.15) is 22.7 Å². The zero-order chi connectivity index (χ0) is 13.8. The second kappa shape index (κ2) is 5.89. The van der Waals surface area contributed by atoms with Crippen molar-refractivity contribution < 1.29 is 0 Å². The summed E-state index contributed by atoms with van der Waals surface area (Å²) >= 11 is 0. The van der Waals surface area contributed by atoms with Crippen molar-refractivity contribution in [2.75, 3.05) is 18.5 Å². The summed E-state index contributed by atoms with van der Waals surface area (Å²) in [6, 6.07) is 17.3. The molecule has 0 fully saturated rings. The van der Waals surface area contributed by atoms with E-state index in [0.29, 0.717) is 6.54 Å². The fraction of sp³-hybridized carbons (Fsp3) is 0.294. The van der Waals surface area contributed by atoms with Crippen molar-refractivity contribution in [2.24, 2.45) is 5.73 Å². The summed E-state index contributed by atoms with van der Waals surface area (Å²) in [5, 5.41) is 0. The van der Waals surface area contributed by atoms with E-state index in [-0.39, 0.29) is 6.04 Å². The van der Waals surface area contributed by atoms with Gasteiger partial charge in [0.1, 0.15) is 0 Å². The molecule has 2 aromatic rings. The van der Waals surface area contributed by atoms with Crippen LogP contribution in [0.3, 0.4) is 0 Å². The lowest BCUT2D eigenvalue weighted by Crippen LogP contribution is -2.30. The van der Waals surface area contributed by atoms with Crippen LogP contribution < -0.4 is 10.6 Å². The van der Waals surface area contributed by atoms with Crippen molar-refractivity contribution in [1.82, 2.24) is 0 Å². The van der Waals surface area contributed by atoms with E-state index in [1.807, 2.05) is 0 Å². The van der Waals surface area contributed by atoms with Crippen molar-refractivity contribution in [2.45, 2.75) is 19.9 Å². The number of hydrogen-bond donors (Lipinski definition) is 1. The van der Waals surface area contributed by atoms with Gasteiger partial charge in [-0.2, -0.15) is 0 Å². The largest absolute Gasteiger partial charge is 0.366 e. The lowest BCUT2D eigenvalue weighted by molar-refractivity contribution is 0.680. The van der Waals surface area contributed by atoms with E-state index in [1.54, 1.807) is 0 Å². The maximum absolute atomic E-state index is 5.98. The first kappa shape index (κ1) is 13.6. The third-order valence-electron chi connectivity index (χ3n) is 3.56. The van der Waals surface area contributed by atoms with E-state index < -0.39 is 0 Å². The Hall–Kier alpha value is -1.80. The predicted molar refractivity (Wildman–Crippen MR) is 82.6 cm³/mol. The molecule has 0 saturated heterocycles. The minimum Gasteiger partial charge on any atom is -0.366 e. The zero-order valence-corrected chi connectivity index (χ0v) is 11.9. The summed E-state index contributed by atoms with van der Waals surface area (Å²) < 4.78 is 0. The van der Waals surface area contributed by atoms with Gasteiger partial charge in [0.25, 0.3) is 0 Å². The van der Waals surface area contributed by atoms with Gasteiger partial charge in [-0.05, 0) is 37.1 Å². The molecule has 1 atom stereocenters. The summed E-state index contributed by atoms with van der Waals surface area (Å²) in [6.07, 6.45) is 0. The lowest BCUT2D eigenvalue weighted by atomic mass is 10.0. The molecule has 0 aliphatic carbocycles. The maximum atomic E-state index is 5.98. The quantitative estimate of drug-likeness (QED) is 0.905. The van der Waals surface area contributed by atoms with Gasteiger partial charge in [0.05, 0.1) is 6.04 Å². The Morgan fingerprint density at radius 1 is 1.00 bits per heavy atom. The molecular formula is C17H22N2. The van der Waals surface area contributed by atoms with Crippen LogP contribution in [0.15, 0.2) is 48.5 Å². The third kappa shape index (κ3) is 3.15. The maximum Gasteiger partial charge on any atom is 0.0661 e. The van der Waals surface area contributed by atoms with E-state index >= 15 is 0 Å². The lowest BCUT2D eigenvalue weighted by Gasteiger charge is -2.30. The molecule has 100 valence electrons. The minimum atomic E-state index is 0.211. The Balaban J connectivity index is 2.28. The highest BCUT2D eigenvalue weighted by molar-refractivity contribution is 5.50. The van der Waals surface area contributed by atoms with Gasteiger partial charge in [-0.15, -0.1) is 0 Å². The molecule has 2 rings (SSSR count). The van der Waals surface area contributed by atoms with Crippen molar-refractivity contribution in [1.29, 1.82) is 0 Å². The summed E-state index contributed by atoms with van der Waals surface area (Å²) in [4.78, 5) is 2.25. The number of likely N-dealkylation sites (N-methyl/N-ethyl adjacent to an activating group) is 1. The van der Waals surface area contributed by atoms with Gasteiger partial charge in [0.15, 0.2) is 0 Å². The zero-order valence-electron chi connectivity index (χ0n) is 11.9. The number of rotatable bonds is 4. The van der Waals surface area contributed by atoms with Crippen molar-refractivity contribution in [3.63, 3.8) is 0 Å². The molecule has 0 heterocycles. The molecule has 2 nitrogen and oxygen atoms in total. The van der Waals surface area contributed by atoms with E-state index in [1.165, 1.54) is 22.4 Å². The van der Waals surface area contributed by atoms with Gasteiger partial charge in [-0.1, -0.05) is 42.0 Å². The average Bonchev–Trinajstić information content (AvgIpc) is 2.41. The van der Waals surface area contributed by atoms with Crippen LogP contribution in [0.25, 0.3) is 0 Å². The molecule has 0 aromatic heterocycles. The van der Waals surface area contributed by atoms with Gasteiger partial charge in [-0.25, -0.2) is 0 Å². The van der Waals surface area contributed by atoms with E-state index in [9.17, 15) is 0 Å². The molecule has 2 N–H and O–H groups in total. The van der Waals surface area contributed by atoms with E-state index in [2.05, 4.69) is 74.3 Å². The first-order valence-corrected chi connectivity index (χ1v) is 6.68. The molecule has 0 aliphatic heterocycles. The van der Waals surface area contributed by atoms with Crippen molar-refractivity contribution in [3.8, 4) is 0 Å². The van der Waals surface area contributed by atoms with E-state index in [4.69, 9.17) is 5.73 Å². The molecular weight excluding hydrogens is 232 g/mol. The van der Waals surface area contributed by atoms with Crippen LogP contribution in [0.4, 0.5) is 5.69 Å². The van der Waals surface area contributed by atoms with Gasteiger partial charge in [0, 0.05) is 19.3 Å². The van der Waals surface area contributed by atoms with Crippen LogP contribution in [0, 0.1) is 13.8 Å². The average molecular weight is 254 g/mol. The molecule has 2 aromatic carbocycles. The third-order valence-corrected chi connectivity index (χ3v) is 3.56. The summed E-state index contributed by atoms with van der Waals surface area (Å²) in [7, 11) is 2.10. The Morgan fingerprint density at radius 3 is 2.26 bits per heavy atom. The molecule has 0 radical (unpaired) electrons. The summed E-state index contributed by atoms with van der Waals surface area (Å²) in [5.74, 6) is 0.